The van der Waals surface area contributed by atoms with Crippen molar-refractivity contribution in [1.29, 1.82) is 0 Å². The SMILES string of the molecule is O=C(O)[C@H](SC1CCCC1)c1ccc(Oc2ccccc2)cc1. The molecule has 0 unspecified atom stereocenters. The van der Waals surface area contributed by atoms with Crippen molar-refractivity contribution < 1.29 is 14.6 Å². The van der Waals surface area contributed by atoms with Crippen molar-refractivity contribution in [2.75, 3.05) is 0 Å². The van der Waals surface area contributed by atoms with E-state index in [0.29, 0.717) is 5.25 Å². The summed E-state index contributed by atoms with van der Waals surface area (Å²) in [6, 6.07) is 17.0. The maximum absolute atomic E-state index is 11.6. The molecule has 0 aliphatic heterocycles. The molecule has 0 saturated heterocycles. The van der Waals surface area contributed by atoms with Crippen LogP contribution in [0.3, 0.4) is 0 Å². The zero-order valence-electron chi connectivity index (χ0n) is 12.9. The van der Waals surface area contributed by atoms with Crippen molar-refractivity contribution in [2.24, 2.45) is 0 Å². The van der Waals surface area contributed by atoms with E-state index in [4.69, 9.17) is 4.74 Å². The van der Waals surface area contributed by atoms with E-state index < -0.39 is 11.2 Å². The molecule has 1 aliphatic carbocycles. The van der Waals surface area contributed by atoms with Crippen LogP contribution in [-0.2, 0) is 4.79 Å². The molecule has 0 bridgehead atoms. The van der Waals surface area contributed by atoms with Gasteiger partial charge in [0.15, 0.2) is 0 Å². The molecule has 1 saturated carbocycles. The Labute approximate surface area is 140 Å². The molecule has 0 aromatic heterocycles. The summed E-state index contributed by atoms with van der Waals surface area (Å²) < 4.78 is 5.75. The van der Waals surface area contributed by atoms with Gasteiger partial charge in [-0.05, 0) is 42.7 Å². The van der Waals surface area contributed by atoms with E-state index in [0.717, 1.165) is 29.9 Å². The number of hydrogen-bond acceptors (Lipinski definition) is 3. The van der Waals surface area contributed by atoms with Gasteiger partial charge >= 0.3 is 5.97 Å². The molecule has 1 aliphatic rings. The maximum Gasteiger partial charge on any atom is 0.321 e. The third-order valence-electron chi connectivity index (χ3n) is 4.02. The molecule has 3 rings (SSSR count). The van der Waals surface area contributed by atoms with E-state index >= 15 is 0 Å². The predicted octanol–water partition coefficient (Wildman–Crippen LogP) is 5.28. The summed E-state index contributed by atoms with van der Waals surface area (Å²) in [4.78, 5) is 11.6. The Morgan fingerprint density at radius 3 is 2.22 bits per heavy atom. The monoisotopic (exact) mass is 328 g/mol. The third kappa shape index (κ3) is 4.29. The molecule has 1 atom stereocenters. The van der Waals surface area contributed by atoms with E-state index in [9.17, 15) is 9.90 Å². The first-order valence-corrected chi connectivity index (χ1v) is 8.88. The van der Waals surface area contributed by atoms with Gasteiger partial charge in [-0.1, -0.05) is 43.2 Å². The molecule has 1 fully saturated rings. The summed E-state index contributed by atoms with van der Waals surface area (Å²) in [7, 11) is 0. The average Bonchev–Trinajstić information content (AvgIpc) is 3.07. The lowest BCUT2D eigenvalue weighted by molar-refractivity contribution is -0.136. The first kappa shape index (κ1) is 15.9. The Balaban J connectivity index is 1.69. The molecular formula is C19H20O3S. The third-order valence-corrected chi connectivity index (χ3v) is 5.62. The van der Waals surface area contributed by atoms with Crippen molar-refractivity contribution in [2.45, 2.75) is 36.2 Å². The van der Waals surface area contributed by atoms with Gasteiger partial charge < -0.3 is 9.84 Å². The van der Waals surface area contributed by atoms with Crippen LogP contribution in [0.5, 0.6) is 11.5 Å². The van der Waals surface area contributed by atoms with Crippen LogP contribution in [-0.4, -0.2) is 16.3 Å². The first-order valence-electron chi connectivity index (χ1n) is 7.93. The van der Waals surface area contributed by atoms with Gasteiger partial charge in [0, 0.05) is 5.25 Å². The average molecular weight is 328 g/mol. The van der Waals surface area contributed by atoms with Crippen molar-refractivity contribution in [1.82, 2.24) is 0 Å². The molecule has 4 heteroatoms. The quantitative estimate of drug-likeness (QED) is 0.783. The van der Waals surface area contributed by atoms with Crippen molar-refractivity contribution in [3.05, 3.63) is 60.2 Å². The van der Waals surface area contributed by atoms with Gasteiger partial charge in [0.2, 0.25) is 0 Å². The number of hydrogen-bond donors (Lipinski definition) is 1. The lowest BCUT2D eigenvalue weighted by Gasteiger charge is -2.17. The normalized spacial score (nSPS) is 16.2. The van der Waals surface area contributed by atoms with Crippen LogP contribution in [0.4, 0.5) is 0 Å². The van der Waals surface area contributed by atoms with E-state index in [1.165, 1.54) is 12.8 Å². The number of para-hydroxylation sites is 1. The van der Waals surface area contributed by atoms with Crippen LogP contribution in [0.1, 0.15) is 36.5 Å². The minimum Gasteiger partial charge on any atom is -0.480 e. The van der Waals surface area contributed by atoms with Crippen molar-refractivity contribution >= 4 is 17.7 Å². The summed E-state index contributed by atoms with van der Waals surface area (Å²) in [5.74, 6) is 0.726. The molecule has 120 valence electrons. The van der Waals surface area contributed by atoms with Crippen molar-refractivity contribution in [3.63, 3.8) is 0 Å². The standard InChI is InChI=1S/C19H20O3S/c20-19(21)18(23-17-8-4-5-9-17)14-10-12-16(13-11-14)22-15-6-2-1-3-7-15/h1-3,6-7,10-13,17-18H,4-5,8-9H2,(H,20,21)/t18-/m1/s1. The van der Waals surface area contributed by atoms with Crippen LogP contribution in [0, 0.1) is 0 Å². The number of carbonyl (C=O) groups is 1. The molecular weight excluding hydrogens is 308 g/mol. The fraction of sp³-hybridized carbons (Fsp3) is 0.316. The van der Waals surface area contributed by atoms with Gasteiger partial charge in [-0.3, -0.25) is 4.79 Å². The second-order valence-corrected chi connectivity index (χ2v) is 7.16. The maximum atomic E-state index is 11.6. The predicted molar refractivity (Wildman–Crippen MR) is 93.2 cm³/mol. The summed E-state index contributed by atoms with van der Waals surface area (Å²) in [5, 5.41) is 9.51. The number of carboxylic acids is 1. The number of aliphatic carboxylic acids is 1. The van der Waals surface area contributed by atoms with Gasteiger partial charge in [0.05, 0.1) is 0 Å². The zero-order chi connectivity index (χ0) is 16.1. The highest BCUT2D eigenvalue weighted by molar-refractivity contribution is 8.00. The highest BCUT2D eigenvalue weighted by Gasteiger charge is 2.26. The van der Waals surface area contributed by atoms with E-state index in [2.05, 4.69) is 0 Å². The van der Waals surface area contributed by atoms with Crippen LogP contribution >= 0.6 is 11.8 Å². The summed E-state index contributed by atoms with van der Waals surface area (Å²) in [6.45, 7) is 0. The van der Waals surface area contributed by atoms with E-state index in [-0.39, 0.29) is 0 Å². The molecule has 0 amide bonds. The van der Waals surface area contributed by atoms with Crippen LogP contribution in [0.2, 0.25) is 0 Å². The highest BCUT2D eigenvalue weighted by Crippen LogP contribution is 2.40. The van der Waals surface area contributed by atoms with Crippen molar-refractivity contribution in [3.8, 4) is 11.5 Å². The zero-order valence-corrected chi connectivity index (χ0v) is 13.7. The van der Waals surface area contributed by atoms with E-state index in [1.807, 2.05) is 54.6 Å². The molecule has 2 aromatic rings. The van der Waals surface area contributed by atoms with Gasteiger partial charge in [-0.2, -0.15) is 0 Å². The molecule has 3 nitrogen and oxygen atoms in total. The Hall–Kier alpha value is -1.94. The minimum atomic E-state index is -0.765. The summed E-state index contributed by atoms with van der Waals surface area (Å²) in [6.07, 6.45) is 4.69. The highest BCUT2D eigenvalue weighted by atomic mass is 32.2. The summed E-state index contributed by atoms with van der Waals surface area (Å²) in [5.41, 5.74) is 0.829. The van der Waals surface area contributed by atoms with Crippen LogP contribution < -0.4 is 4.74 Å². The molecule has 2 aromatic carbocycles. The molecule has 0 heterocycles. The Morgan fingerprint density at radius 2 is 1.61 bits per heavy atom. The minimum absolute atomic E-state index is 0.469. The lowest BCUT2D eigenvalue weighted by atomic mass is 10.1. The number of thioether (sulfide) groups is 1. The van der Waals surface area contributed by atoms with Gasteiger partial charge in [-0.25, -0.2) is 0 Å². The molecule has 0 radical (unpaired) electrons. The van der Waals surface area contributed by atoms with Crippen LogP contribution in [0.15, 0.2) is 54.6 Å². The van der Waals surface area contributed by atoms with E-state index in [1.54, 1.807) is 11.8 Å². The van der Waals surface area contributed by atoms with Gasteiger partial charge in [0.1, 0.15) is 16.7 Å². The largest absolute Gasteiger partial charge is 0.480 e. The molecule has 0 spiro atoms. The smallest absolute Gasteiger partial charge is 0.321 e. The molecule has 1 N–H and O–H groups in total. The molecule has 23 heavy (non-hydrogen) atoms. The topological polar surface area (TPSA) is 46.5 Å². The first-order chi connectivity index (χ1) is 11.2. The number of benzene rings is 2. The van der Waals surface area contributed by atoms with Gasteiger partial charge in [0.25, 0.3) is 0 Å². The van der Waals surface area contributed by atoms with Crippen LogP contribution in [0.25, 0.3) is 0 Å². The Kier molecular flexibility index (Phi) is 5.23. The van der Waals surface area contributed by atoms with Gasteiger partial charge in [-0.15, -0.1) is 11.8 Å². The number of carboxylic acid groups (broad SMARTS) is 1. The Morgan fingerprint density at radius 1 is 1.00 bits per heavy atom. The second kappa shape index (κ2) is 7.55. The lowest BCUT2D eigenvalue weighted by Crippen LogP contribution is -2.11. The fourth-order valence-corrected chi connectivity index (χ4v) is 4.25. The Bertz CT molecular complexity index is 633. The summed E-state index contributed by atoms with van der Waals surface area (Å²) >= 11 is 1.58. The number of rotatable bonds is 6. The second-order valence-electron chi connectivity index (χ2n) is 5.74. The number of ether oxygens (including phenoxy) is 1. The fourth-order valence-electron chi connectivity index (χ4n) is 2.83.